The van der Waals surface area contributed by atoms with E-state index in [1.54, 1.807) is 11.8 Å². The number of benzene rings is 1. The van der Waals surface area contributed by atoms with Crippen LogP contribution >= 0.6 is 11.8 Å². The lowest BCUT2D eigenvalue weighted by Gasteiger charge is -2.02. The number of aromatic nitrogens is 2. The molecule has 2 aromatic rings. The second kappa shape index (κ2) is 6.56. The van der Waals surface area contributed by atoms with Crippen molar-refractivity contribution < 1.29 is 4.52 Å². The zero-order valence-electron chi connectivity index (χ0n) is 10.4. The molecular formula is C13H17N3OS. The lowest BCUT2D eigenvalue weighted by Crippen LogP contribution is -2.21. The van der Waals surface area contributed by atoms with E-state index in [2.05, 4.69) is 29.2 Å². The number of hydrogen-bond donors (Lipinski definition) is 1. The molecule has 18 heavy (non-hydrogen) atoms. The van der Waals surface area contributed by atoms with E-state index in [1.165, 1.54) is 4.90 Å². The molecule has 0 fully saturated rings. The molecule has 1 aromatic carbocycles. The Labute approximate surface area is 111 Å². The van der Waals surface area contributed by atoms with E-state index in [1.807, 2.05) is 18.2 Å². The summed E-state index contributed by atoms with van der Waals surface area (Å²) in [5.74, 6) is 2.05. The van der Waals surface area contributed by atoms with Crippen LogP contribution in [-0.4, -0.2) is 16.2 Å². The van der Waals surface area contributed by atoms with E-state index in [0.717, 1.165) is 6.42 Å². The molecule has 0 aliphatic rings. The van der Waals surface area contributed by atoms with Gasteiger partial charge in [-0.05, 0) is 18.6 Å². The van der Waals surface area contributed by atoms with Crippen molar-refractivity contribution in [2.45, 2.75) is 36.5 Å². The van der Waals surface area contributed by atoms with Crippen molar-refractivity contribution in [1.29, 1.82) is 0 Å². The van der Waals surface area contributed by atoms with Gasteiger partial charge in [0.1, 0.15) is 0 Å². The highest BCUT2D eigenvalue weighted by Crippen LogP contribution is 2.21. The van der Waals surface area contributed by atoms with Crippen molar-refractivity contribution in [2.75, 3.05) is 0 Å². The number of nitrogens with two attached hydrogens (primary N) is 1. The molecule has 96 valence electrons. The van der Waals surface area contributed by atoms with Crippen LogP contribution in [0.3, 0.4) is 0 Å². The molecule has 0 saturated carbocycles. The van der Waals surface area contributed by atoms with Crippen LogP contribution in [0.5, 0.6) is 0 Å². The fraction of sp³-hybridized carbons (Fsp3) is 0.385. The topological polar surface area (TPSA) is 64.9 Å². The second-order valence-corrected chi connectivity index (χ2v) is 5.13. The maximum absolute atomic E-state index is 5.85. The summed E-state index contributed by atoms with van der Waals surface area (Å²) in [6.45, 7) is 2.05. The molecule has 2 rings (SSSR count). The molecule has 1 heterocycles. The SMILES string of the molecule is CCC(N)Cc1noc(CSc2ccccc2)n1. The standard InChI is InChI=1S/C13H17N3OS/c1-2-10(14)8-12-15-13(17-16-12)9-18-11-6-4-3-5-7-11/h3-7,10H,2,8-9,14H2,1H3. The van der Waals surface area contributed by atoms with Crippen molar-refractivity contribution >= 4 is 11.8 Å². The van der Waals surface area contributed by atoms with Gasteiger partial charge in [-0.25, -0.2) is 0 Å². The van der Waals surface area contributed by atoms with E-state index < -0.39 is 0 Å². The van der Waals surface area contributed by atoms with Gasteiger partial charge in [0.2, 0.25) is 5.89 Å². The van der Waals surface area contributed by atoms with E-state index >= 15 is 0 Å². The lowest BCUT2D eigenvalue weighted by atomic mass is 10.2. The average Bonchev–Trinajstić information content (AvgIpc) is 2.85. The molecule has 4 nitrogen and oxygen atoms in total. The highest BCUT2D eigenvalue weighted by Gasteiger charge is 2.09. The summed E-state index contributed by atoms with van der Waals surface area (Å²) in [7, 11) is 0. The summed E-state index contributed by atoms with van der Waals surface area (Å²) in [6.07, 6.45) is 1.60. The fourth-order valence-corrected chi connectivity index (χ4v) is 2.23. The Kier molecular flexibility index (Phi) is 4.78. The Morgan fingerprint density at radius 1 is 1.33 bits per heavy atom. The first-order valence-corrected chi connectivity index (χ1v) is 7.01. The van der Waals surface area contributed by atoms with Crippen LogP contribution in [-0.2, 0) is 12.2 Å². The Morgan fingerprint density at radius 2 is 2.11 bits per heavy atom. The van der Waals surface area contributed by atoms with Gasteiger partial charge in [0.05, 0.1) is 5.75 Å². The van der Waals surface area contributed by atoms with Gasteiger partial charge in [0, 0.05) is 17.4 Å². The lowest BCUT2D eigenvalue weighted by molar-refractivity contribution is 0.383. The summed E-state index contributed by atoms with van der Waals surface area (Å²) in [4.78, 5) is 5.53. The Bertz CT molecular complexity index is 472. The molecule has 0 amide bonds. The van der Waals surface area contributed by atoms with Crippen LogP contribution in [0.1, 0.15) is 25.1 Å². The quantitative estimate of drug-likeness (QED) is 0.812. The number of rotatable bonds is 6. The second-order valence-electron chi connectivity index (χ2n) is 4.08. The average molecular weight is 263 g/mol. The first-order valence-electron chi connectivity index (χ1n) is 6.03. The van der Waals surface area contributed by atoms with E-state index in [4.69, 9.17) is 10.3 Å². The van der Waals surface area contributed by atoms with Crippen molar-refractivity contribution in [3.63, 3.8) is 0 Å². The molecule has 0 aliphatic carbocycles. The third-order valence-electron chi connectivity index (χ3n) is 2.58. The smallest absolute Gasteiger partial charge is 0.237 e. The monoisotopic (exact) mass is 263 g/mol. The first kappa shape index (κ1) is 13.1. The van der Waals surface area contributed by atoms with Crippen molar-refractivity contribution in [1.82, 2.24) is 10.1 Å². The van der Waals surface area contributed by atoms with Crippen LogP contribution in [0.2, 0.25) is 0 Å². The van der Waals surface area contributed by atoms with Gasteiger partial charge in [-0.2, -0.15) is 4.98 Å². The summed E-state index contributed by atoms with van der Waals surface area (Å²) >= 11 is 1.68. The minimum atomic E-state index is 0.109. The molecule has 1 aromatic heterocycles. The minimum absolute atomic E-state index is 0.109. The zero-order chi connectivity index (χ0) is 12.8. The van der Waals surface area contributed by atoms with Crippen LogP contribution in [0.4, 0.5) is 0 Å². The molecule has 2 N–H and O–H groups in total. The number of nitrogens with zero attached hydrogens (tertiary/aromatic N) is 2. The van der Waals surface area contributed by atoms with Gasteiger partial charge < -0.3 is 10.3 Å². The van der Waals surface area contributed by atoms with Gasteiger partial charge in [-0.1, -0.05) is 30.3 Å². The summed E-state index contributed by atoms with van der Waals surface area (Å²) in [6, 6.07) is 10.3. The summed E-state index contributed by atoms with van der Waals surface area (Å²) in [5.41, 5.74) is 5.85. The molecule has 1 atom stereocenters. The van der Waals surface area contributed by atoms with Crippen LogP contribution in [0.15, 0.2) is 39.8 Å². The fourth-order valence-electron chi connectivity index (χ4n) is 1.47. The predicted octanol–water partition coefficient (Wildman–Crippen LogP) is 2.64. The van der Waals surface area contributed by atoms with Gasteiger partial charge in [-0.3, -0.25) is 0 Å². The molecule has 1 unspecified atom stereocenters. The van der Waals surface area contributed by atoms with E-state index in [0.29, 0.717) is 23.9 Å². The largest absolute Gasteiger partial charge is 0.338 e. The summed E-state index contributed by atoms with van der Waals surface area (Å²) in [5, 5.41) is 3.94. The third kappa shape index (κ3) is 3.85. The van der Waals surface area contributed by atoms with Crippen LogP contribution in [0.25, 0.3) is 0 Å². The molecule has 0 spiro atoms. The van der Waals surface area contributed by atoms with Gasteiger partial charge in [0.25, 0.3) is 0 Å². The van der Waals surface area contributed by atoms with E-state index in [9.17, 15) is 0 Å². The van der Waals surface area contributed by atoms with Crippen LogP contribution < -0.4 is 5.73 Å². The number of hydrogen-bond acceptors (Lipinski definition) is 5. The maximum atomic E-state index is 5.85. The first-order chi connectivity index (χ1) is 8.78. The highest BCUT2D eigenvalue weighted by molar-refractivity contribution is 7.98. The zero-order valence-corrected chi connectivity index (χ0v) is 11.2. The van der Waals surface area contributed by atoms with Gasteiger partial charge in [-0.15, -0.1) is 11.8 Å². The molecule has 0 saturated heterocycles. The highest BCUT2D eigenvalue weighted by atomic mass is 32.2. The predicted molar refractivity (Wildman–Crippen MR) is 72.3 cm³/mol. The van der Waals surface area contributed by atoms with Crippen molar-refractivity contribution in [2.24, 2.45) is 5.73 Å². The van der Waals surface area contributed by atoms with Gasteiger partial charge >= 0.3 is 0 Å². The Balaban J connectivity index is 1.87. The Morgan fingerprint density at radius 3 is 2.83 bits per heavy atom. The molecular weight excluding hydrogens is 246 g/mol. The summed E-state index contributed by atoms with van der Waals surface area (Å²) < 4.78 is 5.19. The van der Waals surface area contributed by atoms with Crippen LogP contribution in [0, 0.1) is 0 Å². The minimum Gasteiger partial charge on any atom is -0.338 e. The van der Waals surface area contributed by atoms with Gasteiger partial charge in [0.15, 0.2) is 5.82 Å². The molecule has 5 heteroatoms. The normalized spacial score (nSPS) is 12.6. The number of thioether (sulfide) groups is 1. The van der Waals surface area contributed by atoms with Crippen molar-refractivity contribution in [3.05, 3.63) is 42.0 Å². The molecule has 0 bridgehead atoms. The molecule has 0 aliphatic heterocycles. The maximum Gasteiger partial charge on any atom is 0.237 e. The molecule has 0 radical (unpaired) electrons. The Hall–Kier alpha value is -1.33. The third-order valence-corrected chi connectivity index (χ3v) is 3.58. The van der Waals surface area contributed by atoms with E-state index in [-0.39, 0.29) is 6.04 Å². The van der Waals surface area contributed by atoms with Crippen molar-refractivity contribution in [3.8, 4) is 0 Å².